The number of primary sulfonamides is 2. The van der Waals surface area contributed by atoms with Crippen molar-refractivity contribution < 1.29 is 26.4 Å². The maximum Gasteiger partial charge on any atom is 0.243 e. The molecule has 0 saturated carbocycles. The monoisotopic (exact) mass is 399 g/mol. The molecule has 0 aliphatic rings. The second kappa shape index (κ2) is 7.42. The van der Waals surface area contributed by atoms with Crippen LogP contribution in [0.5, 0.6) is 0 Å². The van der Waals surface area contributed by atoms with E-state index in [0.29, 0.717) is 6.07 Å². The van der Waals surface area contributed by atoms with E-state index >= 15 is 0 Å². The van der Waals surface area contributed by atoms with Crippen molar-refractivity contribution in [2.24, 2.45) is 16.0 Å². The van der Waals surface area contributed by atoms with Crippen molar-refractivity contribution in [3.63, 3.8) is 0 Å². The quantitative estimate of drug-likeness (QED) is 0.351. The van der Waals surface area contributed by atoms with Gasteiger partial charge in [-0.3, -0.25) is 9.59 Å². The number of nitrogens with two attached hydrogens (primary N) is 3. The lowest BCUT2D eigenvalue weighted by molar-refractivity contribution is -0.123. The number of anilines is 1. The van der Waals surface area contributed by atoms with Gasteiger partial charge >= 0.3 is 0 Å². The van der Waals surface area contributed by atoms with Gasteiger partial charge in [0.15, 0.2) is 0 Å². The van der Waals surface area contributed by atoms with Gasteiger partial charge in [-0.15, -0.1) is 0 Å². The van der Waals surface area contributed by atoms with Crippen molar-refractivity contribution in [3.05, 3.63) is 17.2 Å². The van der Waals surface area contributed by atoms with Crippen molar-refractivity contribution in [3.8, 4) is 0 Å². The van der Waals surface area contributed by atoms with Crippen LogP contribution >= 0.6 is 11.6 Å². The molecule has 0 aromatic heterocycles. The van der Waals surface area contributed by atoms with E-state index in [-0.39, 0.29) is 12.2 Å². The van der Waals surface area contributed by atoms with E-state index in [2.05, 4.69) is 10.6 Å². The predicted molar refractivity (Wildman–Crippen MR) is 84.9 cm³/mol. The molecule has 0 unspecified atom stereocenters. The van der Waals surface area contributed by atoms with Crippen LogP contribution in [0.4, 0.5) is 5.69 Å². The third-order valence-corrected chi connectivity index (χ3v) is 4.88. The second-order valence-electron chi connectivity index (χ2n) is 4.40. The highest BCUT2D eigenvalue weighted by atomic mass is 35.5. The van der Waals surface area contributed by atoms with Crippen LogP contribution in [0.3, 0.4) is 0 Å². The minimum Gasteiger partial charge on any atom is -0.346 e. The Kier molecular flexibility index (Phi) is 6.26. The van der Waals surface area contributed by atoms with Gasteiger partial charge in [0.1, 0.15) is 9.79 Å². The first-order valence-corrected chi connectivity index (χ1v) is 9.49. The van der Waals surface area contributed by atoms with Gasteiger partial charge in [0, 0.05) is 0 Å². The summed E-state index contributed by atoms with van der Waals surface area (Å²) < 4.78 is 46.0. The van der Waals surface area contributed by atoms with E-state index in [0.717, 1.165) is 6.07 Å². The third kappa shape index (κ3) is 5.40. The lowest BCUT2D eigenvalue weighted by Gasteiger charge is -2.13. The molecule has 0 bridgehead atoms. The fourth-order valence-corrected chi connectivity index (χ4v) is 3.40. The van der Waals surface area contributed by atoms with Gasteiger partial charge in [-0.1, -0.05) is 11.6 Å². The lowest BCUT2D eigenvalue weighted by atomic mass is 10.3. The van der Waals surface area contributed by atoms with Crippen LogP contribution in [0.1, 0.15) is 0 Å². The second-order valence-corrected chi connectivity index (χ2v) is 7.86. The Hall–Kier alpha value is -1.77. The molecule has 134 valence electrons. The van der Waals surface area contributed by atoms with Gasteiger partial charge < -0.3 is 16.4 Å². The molecule has 0 aliphatic carbocycles. The van der Waals surface area contributed by atoms with Crippen molar-refractivity contribution in [2.45, 2.75) is 9.79 Å². The zero-order valence-electron chi connectivity index (χ0n) is 11.9. The van der Waals surface area contributed by atoms with Gasteiger partial charge in [0.25, 0.3) is 0 Å². The molecule has 1 rings (SSSR count). The van der Waals surface area contributed by atoms with Gasteiger partial charge in [0.05, 0.1) is 23.8 Å². The summed E-state index contributed by atoms with van der Waals surface area (Å²) in [5.74, 6) is -1.43. The highest BCUT2D eigenvalue weighted by Gasteiger charge is 2.23. The average molecular weight is 400 g/mol. The van der Waals surface area contributed by atoms with Gasteiger partial charge in [-0.2, -0.15) is 0 Å². The van der Waals surface area contributed by atoms with Crippen LogP contribution in [0.25, 0.3) is 0 Å². The number of hydrogen-bond donors (Lipinski definition) is 5. The molecule has 0 atom stereocenters. The van der Waals surface area contributed by atoms with E-state index in [1.165, 1.54) is 0 Å². The van der Waals surface area contributed by atoms with Crippen molar-refractivity contribution in [1.82, 2.24) is 5.32 Å². The Morgan fingerprint density at radius 2 is 1.54 bits per heavy atom. The topological polar surface area (TPSA) is 205 Å². The maximum absolute atomic E-state index is 11.7. The molecule has 24 heavy (non-hydrogen) atoms. The van der Waals surface area contributed by atoms with E-state index in [1.54, 1.807) is 0 Å². The highest BCUT2D eigenvalue weighted by Crippen LogP contribution is 2.30. The van der Waals surface area contributed by atoms with Gasteiger partial charge in [0.2, 0.25) is 31.9 Å². The number of carbonyl (C=O) groups is 2. The van der Waals surface area contributed by atoms with Crippen LogP contribution in [0.15, 0.2) is 21.9 Å². The van der Waals surface area contributed by atoms with Crippen LogP contribution in [0.2, 0.25) is 5.02 Å². The minimum atomic E-state index is -4.42. The van der Waals surface area contributed by atoms with Crippen LogP contribution in [-0.2, 0) is 29.6 Å². The normalized spacial score (nSPS) is 11.8. The number of amides is 2. The lowest BCUT2D eigenvalue weighted by Crippen LogP contribution is -2.36. The Bertz CT molecular complexity index is 883. The fraction of sp³-hybridized carbons (Fsp3) is 0.200. The Morgan fingerprint density at radius 3 is 2.00 bits per heavy atom. The Labute approximate surface area is 142 Å². The van der Waals surface area contributed by atoms with Gasteiger partial charge in [-0.05, 0) is 12.1 Å². The molecule has 11 nitrogen and oxygen atoms in total. The molecule has 2 amide bonds. The molecule has 1 aromatic carbocycles. The number of benzene rings is 1. The van der Waals surface area contributed by atoms with Crippen molar-refractivity contribution >= 4 is 49.1 Å². The third-order valence-electron chi connectivity index (χ3n) is 2.55. The van der Waals surface area contributed by atoms with E-state index in [4.69, 9.17) is 27.6 Å². The summed E-state index contributed by atoms with van der Waals surface area (Å²) in [6, 6.07) is 1.49. The summed E-state index contributed by atoms with van der Waals surface area (Å²) in [4.78, 5) is 21.3. The zero-order valence-corrected chi connectivity index (χ0v) is 14.3. The predicted octanol–water partition coefficient (Wildman–Crippen LogP) is -2.35. The number of sulfonamides is 2. The molecule has 1 aromatic rings. The number of hydrogen-bond acceptors (Lipinski definition) is 7. The van der Waals surface area contributed by atoms with Crippen molar-refractivity contribution in [2.75, 3.05) is 18.4 Å². The summed E-state index contributed by atoms with van der Waals surface area (Å²) >= 11 is 5.74. The molecular formula is C10H14ClN5O6S2. The van der Waals surface area contributed by atoms with E-state index < -0.39 is 53.2 Å². The van der Waals surface area contributed by atoms with Crippen LogP contribution in [-0.4, -0.2) is 41.7 Å². The SMILES string of the molecule is NCC(=O)NCC(=O)Nc1cc(Cl)c(S(N)(=O)=O)cc1S(N)(=O)=O. The Balaban J connectivity index is 3.26. The summed E-state index contributed by atoms with van der Waals surface area (Å²) in [6.07, 6.45) is 0. The summed E-state index contributed by atoms with van der Waals surface area (Å²) in [5.41, 5.74) is 4.67. The molecule has 14 heteroatoms. The first-order chi connectivity index (χ1) is 10.9. The standard InChI is InChI=1S/C10H14ClN5O6S2/c11-5-1-6(16-10(18)4-15-9(17)3-12)8(24(14,21)22)2-7(5)23(13,19)20/h1-2H,3-4,12H2,(H,15,17)(H,16,18)(H2,13,19,20)(H2,14,21,22). The molecular weight excluding hydrogens is 386 g/mol. The minimum absolute atomic E-state index is 0.343. The molecule has 0 spiro atoms. The van der Waals surface area contributed by atoms with E-state index in [1.807, 2.05) is 0 Å². The van der Waals surface area contributed by atoms with Gasteiger partial charge in [-0.25, -0.2) is 27.1 Å². The number of nitrogens with one attached hydrogen (secondary N) is 2. The average Bonchev–Trinajstić information content (AvgIpc) is 2.41. The summed E-state index contributed by atoms with van der Waals surface area (Å²) in [7, 11) is -8.74. The fourth-order valence-electron chi connectivity index (χ4n) is 1.53. The molecule has 0 saturated heterocycles. The first-order valence-electron chi connectivity index (χ1n) is 6.02. The molecule has 0 aliphatic heterocycles. The molecule has 0 heterocycles. The number of carbonyl (C=O) groups excluding carboxylic acids is 2. The highest BCUT2D eigenvalue weighted by molar-refractivity contribution is 7.90. The van der Waals surface area contributed by atoms with Crippen LogP contribution in [0, 0.1) is 0 Å². The number of halogens is 1. The van der Waals surface area contributed by atoms with Crippen LogP contribution < -0.4 is 26.6 Å². The smallest absolute Gasteiger partial charge is 0.243 e. The first kappa shape index (κ1) is 20.3. The maximum atomic E-state index is 11.7. The molecule has 0 radical (unpaired) electrons. The van der Waals surface area contributed by atoms with Crippen molar-refractivity contribution in [1.29, 1.82) is 0 Å². The zero-order chi connectivity index (χ0) is 18.7. The largest absolute Gasteiger partial charge is 0.346 e. The molecule has 0 fully saturated rings. The van der Waals surface area contributed by atoms with E-state index in [9.17, 15) is 26.4 Å². The number of rotatable bonds is 6. The Morgan fingerprint density at radius 1 is 1.00 bits per heavy atom. The molecule has 8 N–H and O–H groups in total. The summed E-state index contributed by atoms with van der Waals surface area (Å²) in [6.45, 7) is -0.848. The summed E-state index contributed by atoms with van der Waals surface area (Å²) in [5, 5.41) is 13.8.